The Morgan fingerprint density at radius 2 is 1.93 bits per heavy atom. The van der Waals surface area contributed by atoms with Gasteiger partial charge in [-0.2, -0.15) is 0 Å². The van der Waals surface area contributed by atoms with Gasteiger partial charge in [0.05, 0.1) is 13.0 Å². The molecule has 0 bridgehead atoms. The molecular weight excluding hydrogens is 388 g/mol. The number of piperazine rings is 1. The van der Waals surface area contributed by atoms with E-state index in [0.29, 0.717) is 13.0 Å². The van der Waals surface area contributed by atoms with Gasteiger partial charge in [-0.3, -0.25) is 14.5 Å². The fraction of sp³-hybridized carbons (Fsp3) is 0.364. The molecule has 4 rings (SSSR count). The quantitative estimate of drug-likeness (QED) is 0.838. The van der Waals surface area contributed by atoms with Gasteiger partial charge in [0.1, 0.15) is 0 Å². The predicted molar refractivity (Wildman–Crippen MR) is 117 cm³/mol. The number of fused-ring (bicyclic) bond motifs is 1. The number of hydrogen-bond acceptors (Lipinski definition) is 4. The van der Waals surface area contributed by atoms with Crippen molar-refractivity contribution in [1.82, 2.24) is 4.90 Å². The van der Waals surface area contributed by atoms with E-state index in [1.807, 2.05) is 42.5 Å². The van der Waals surface area contributed by atoms with Crippen LogP contribution >= 0.6 is 11.6 Å². The molecule has 0 aromatic heterocycles. The number of anilines is 3. The van der Waals surface area contributed by atoms with Crippen LogP contribution in [0.25, 0.3) is 0 Å². The molecule has 0 radical (unpaired) electrons. The lowest BCUT2D eigenvalue weighted by Crippen LogP contribution is -2.53. The molecule has 1 atom stereocenters. The molecule has 0 spiro atoms. The van der Waals surface area contributed by atoms with Crippen LogP contribution in [0.2, 0.25) is 5.02 Å². The molecule has 1 N–H and O–H groups in total. The van der Waals surface area contributed by atoms with E-state index in [1.165, 1.54) is 0 Å². The van der Waals surface area contributed by atoms with Crippen molar-refractivity contribution in [2.75, 3.05) is 48.3 Å². The van der Waals surface area contributed by atoms with Crippen LogP contribution in [0.4, 0.5) is 17.1 Å². The molecular formula is C22H25ClN4O2. The fourth-order valence-electron chi connectivity index (χ4n) is 4.02. The average Bonchev–Trinajstić information content (AvgIpc) is 2.98. The highest BCUT2D eigenvalue weighted by atomic mass is 35.5. The summed E-state index contributed by atoms with van der Waals surface area (Å²) in [6.45, 7) is 5.04. The van der Waals surface area contributed by atoms with Gasteiger partial charge < -0.3 is 15.1 Å². The lowest BCUT2D eigenvalue weighted by Gasteiger charge is -2.40. The number of rotatable bonds is 4. The van der Waals surface area contributed by atoms with Gasteiger partial charge in [0.2, 0.25) is 11.8 Å². The van der Waals surface area contributed by atoms with Crippen LogP contribution in [0.3, 0.4) is 0 Å². The Labute approximate surface area is 176 Å². The van der Waals surface area contributed by atoms with Crippen molar-refractivity contribution in [2.45, 2.75) is 19.4 Å². The predicted octanol–water partition coefficient (Wildman–Crippen LogP) is 3.01. The Morgan fingerprint density at radius 1 is 1.17 bits per heavy atom. The van der Waals surface area contributed by atoms with E-state index in [0.717, 1.165) is 47.3 Å². The highest BCUT2D eigenvalue weighted by molar-refractivity contribution is 6.30. The first-order valence-electron chi connectivity index (χ1n) is 9.84. The Hall–Kier alpha value is -2.57. The first kappa shape index (κ1) is 19.7. The van der Waals surface area contributed by atoms with Crippen LogP contribution in [0.15, 0.2) is 42.5 Å². The van der Waals surface area contributed by atoms with Crippen molar-refractivity contribution in [3.63, 3.8) is 0 Å². The molecule has 0 aliphatic carbocycles. The lowest BCUT2D eigenvalue weighted by molar-refractivity contribution is -0.118. The SMILES string of the molecule is C[C@@H]1CN(c2ccc(Cl)cc2)CCN1CC(=O)Nc1ccc2c(c1)N(C)C(=O)C2. The second kappa shape index (κ2) is 8.05. The van der Waals surface area contributed by atoms with Crippen molar-refractivity contribution < 1.29 is 9.59 Å². The number of carbonyl (C=O) groups excluding carboxylic acids is 2. The summed E-state index contributed by atoms with van der Waals surface area (Å²) in [5, 5.41) is 3.71. The van der Waals surface area contributed by atoms with Gasteiger partial charge in [0.25, 0.3) is 0 Å². The summed E-state index contributed by atoms with van der Waals surface area (Å²) < 4.78 is 0. The zero-order chi connectivity index (χ0) is 20.5. The minimum absolute atomic E-state index is 0.0382. The number of benzene rings is 2. The van der Waals surface area contributed by atoms with Crippen molar-refractivity contribution in [3.8, 4) is 0 Å². The summed E-state index contributed by atoms with van der Waals surface area (Å²) >= 11 is 5.98. The second-order valence-corrected chi connectivity index (χ2v) is 8.20. The third-order valence-corrected chi connectivity index (χ3v) is 6.00. The van der Waals surface area contributed by atoms with E-state index < -0.39 is 0 Å². The van der Waals surface area contributed by atoms with Crippen molar-refractivity contribution in [3.05, 3.63) is 53.1 Å². The molecule has 1 fully saturated rings. The monoisotopic (exact) mass is 412 g/mol. The van der Waals surface area contributed by atoms with Crippen LogP contribution < -0.4 is 15.1 Å². The maximum absolute atomic E-state index is 12.6. The first-order chi connectivity index (χ1) is 13.9. The number of halogens is 1. The van der Waals surface area contributed by atoms with Gasteiger partial charge in [-0.1, -0.05) is 17.7 Å². The van der Waals surface area contributed by atoms with Crippen LogP contribution in [-0.4, -0.2) is 56.0 Å². The molecule has 1 saturated heterocycles. The molecule has 6 nitrogen and oxygen atoms in total. The van der Waals surface area contributed by atoms with E-state index in [9.17, 15) is 9.59 Å². The summed E-state index contributed by atoms with van der Waals surface area (Å²) in [6, 6.07) is 13.8. The molecule has 152 valence electrons. The van der Waals surface area contributed by atoms with E-state index in [4.69, 9.17) is 11.6 Å². The summed E-state index contributed by atoms with van der Waals surface area (Å²) in [5.41, 5.74) is 3.75. The van der Waals surface area contributed by atoms with Gasteiger partial charge in [-0.25, -0.2) is 0 Å². The van der Waals surface area contributed by atoms with Crippen LogP contribution in [-0.2, 0) is 16.0 Å². The molecule has 2 heterocycles. The molecule has 2 aromatic rings. The minimum atomic E-state index is -0.0382. The maximum Gasteiger partial charge on any atom is 0.238 e. The van der Waals surface area contributed by atoms with Crippen molar-refractivity contribution >= 4 is 40.5 Å². The van der Waals surface area contributed by atoms with Crippen LogP contribution in [0, 0.1) is 0 Å². The zero-order valence-corrected chi connectivity index (χ0v) is 17.4. The Kier molecular flexibility index (Phi) is 5.48. The largest absolute Gasteiger partial charge is 0.369 e. The summed E-state index contributed by atoms with van der Waals surface area (Å²) in [6.07, 6.45) is 0.426. The second-order valence-electron chi connectivity index (χ2n) is 7.76. The number of likely N-dealkylation sites (N-methyl/N-ethyl adjacent to an activating group) is 1. The minimum Gasteiger partial charge on any atom is -0.369 e. The molecule has 7 heteroatoms. The van der Waals surface area contributed by atoms with Crippen molar-refractivity contribution in [2.24, 2.45) is 0 Å². The Morgan fingerprint density at radius 3 is 2.66 bits per heavy atom. The fourth-order valence-corrected chi connectivity index (χ4v) is 4.15. The van der Waals surface area contributed by atoms with Crippen molar-refractivity contribution in [1.29, 1.82) is 0 Å². The molecule has 2 aromatic carbocycles. The number of carbonyl (C=O) groups is 2. The highest BCUT2D eigenvalue weighted by Crippen LogP contribution is 2.30. The summed E-state index contributed by atoms with van der Waals surface area (Å²) in [5.74, 6) is 0.0413. The highest BCUT2D eigenvalue weighted by Gasteiger charge is 2.26. The van der Waals surface area contributed by atoms with Gasteiger partial charge in [0.15, 0.2) is 0 Å². The Balaban J connectivity index is 1.34. The van der Waals surface area contributed by atoms with E-state index in [-0.39, 0.29) is 17.9 Å². The molecule has 29 heavy (non-hydrogen) atoms. The number of nitrogens with one attached hydrogen (secondary N) is 1. The number of nitrogens with zero attached hydrogens (tertiary/aromatic N) is 3. The third kappa shape index (κ3) is 4.23. The normalized spacial score (nSPS) is 19.4. The third-order valence-electron chi connectivity index (χ3n) is 5.75. The van der Waals surface area contributed by atoms with Gasteiger partial charge in [-0.05, 0) is 48.9 Å². The molecule has 0 unspecified atom stereocenters. The van der Waals surface area contributed by atoms with Crippen LogP contribution in [0.5, 0.6) is 0 Å². The van der Waals surface area contributed by atoms with E-state index in [2.05, 4.69) is 22.0 Å². The smallest absolute Gasteiger partial charge is 0.238 e. The molecule has 0 saturated carbocycles. The molecule has 2 amide bonds. The molecule has 2 aliphatic rings. The topological polar surface area (TPSA) is 55.9 Å². The zero-order valence-electron chi connectivity index (χ0n) is 16.7. The Bertz CT molecular complexity index is 931. The van der Waals surface area contributed by atoms with E-state index in [1.54, 1.807) is 11.9 Å². The average molecular weight is 413 g/mol. The number of hydrogen-bond donors (Lipinski definition) is 1. The summed E-state index contributed by atoms with van der Waals surface area (Å²) in [7, 11) is 1.77. The first-order valence-corrected chi connectivity index (χ1v) is 10.2. The lowest BCUT2D eigenvalue weighted by atomic mass is 10.1. The standard InChI is InChI=1S/C22H25ClN4O2/c1-15-13-27(19-7-4-17(23)5-8-19)10-9-26(15)14-21(28)24-18-6-3-16-11-22(29)25(2)20(16)12-18/h3-8,12,15H,9-11,13-14H2,1-2H3,(H,24,28)/t15-/m1/s1. The summed E-state index contributed by atoms with van der Waals surface area (Å²) in [4.78, 5) is 30.6. The van der Waals surface area contributed by atoms with E-state index >= 15 is 0 Å². The maximum atomic E-state index is 12.6. The van der Waals surface area contributed by atoms with Gasteiger partial charge >= 0.3 is 0 Å². The van der Waals surface area contributed by atoms with Gasteiger partial charge in [-0.15, -0.1) is 0 Å². The molecule has 2 aliphatic heterocycles. The van der Waals surface area contributed by atoms with Gasteiger partial charge in [0, 0.05) is 54.8 Å². The van der Waals surface area contributed by atoms with Crippen LogP contribution in [0.1, 0.15) is 12.5 Å². The number of amides is 2.